The molecule has 0 bridgehead atoms. The van der Waals surface area contributed by atoms with Gasteiger partial charge < -0.3 is 14.8 Å². The summed E-state index contributed by atoms with van der Waals surface area (Å²) in [5, 5.41) is 12.6. The highest BCUT2D eigenvalue weighted by atomic mass is 16.4. The third-order valence-corrected chi connectivity index (χ3v) is 5.80. The van der Waals surface area contributed by atoms with E-state index in [-0.39, 0.29) is 16.7 Å². The lowest BCUT2D eigenvalue weighted by atomic mass is 10.1. The second-order valence-electron chi connectivity index (χ2n) is 8.22. The van der Waals surface area contributed by atoms with E-state index in [9.17, 15) is 19.5 Å². The number of aromatic carboxylic acids is 1. The Kier molecular flexibility index (Phi) is 5.13. The fourth-order valence-electron chi connectivity index (χ4n) is 4.09. The molecule has 2 amide bonds. The van der Waals surface area contributed by atoms with Gasteiger partial charge in [-0.2, -0.15) is 4.98 Å². The van der Waals surface area contributed by atoms with Crippen molar-refractivity contribution in [2.45, 2.75) is 20.3 Å². The average molecular weight is 456 g/mol. The molecule has 5 rings (SSSR count). The average Bonchev–Trinajstić information content (AvgIpc) is 3.35. The first kappa shape index (κ1) is 21.4. The topological polar surface area (TPSA) is 114 Å². The maximum absolute atomic E-state index is 13.1. The van der Waals surface area contributed by atoms with Crippen molar-refractivity contribution in [2.24, 2.45) is 0 Å². The van der Waals surface area contributed by atoms with Gasteiger partial charge in [0, 0.05) is 12.6 Å². The largest absolute Gasteiger partial charge is 0.478 e. The Morgan fingerprint density at radius 3 is 2.56 bits per heavy atom. The number of hydrogen-bond donors (Lipinski definition) is 2. The molecule has 3 N–H and O–H groups in total. The summed E-state index contributed by atoms with van der Waals surface area (Å²) in [5.74, 6) is -1.73. The van der Waals surface area contributed by atoms with Gasteiger partial charge in [-0.25, -0.2) is 9.69 Å². The zero-order valence-electron chi connectivity index (χ0n) is 18.6. The second kappa shape index (κ2) is 8.15. The number of carboxylic acids is 1. The minimum atomic E-state index is -1.16. The number of carbonyl (C=O) groups is 3. The number of nitrogens with zero attached hydrogens (tertiary/aromatic N) is 1. The number of H-pyrrole nitrogens is 1. The zero-order valence-corrected chi connectivity index (χ0v) is 18.6. The summed E-state index contributed by atoms with van der Waals surface area (Å²) >= 11 is 0. The van der Waals surface area contributed by atoms with E-state index in [1.807, 2.05) is 25.1 Å². The van der Waals surface area contributed by atoms with Crippen LogP contribution < -0.4 is 15.2 Å². The molecule has 8 heteroatoms. The molecule has 0 saturated carbocycles. The first-order valence-electron chi connectivity index (χ1n) is 10.9. The summed E-state index contributed by atoms with van der Waals surface area (Å²) in [4.78, 5) is 41.9. The van der Waals surface area contributed by atoms with Gasteiger partial charge in [0.05, 0.1) is 28.1 Å². The molecule has 1 aliphatic rings. The van der Waals surface area contributed by atoms with Gasteiger partial charge in [0.25, 0.3) is 11.8 Å². The van der Waals surface area contributed by atoms with Crippen LogP contribution in [0.4, 0.5) is 11.4 Å². The van der Waals surface area contributed by atoms with Gasteiger partial charge in [0.2, 0.25) is 11.1 Å². The van der Waals surface area contributed by atoms with Crippen LogP contribution in [0.5, 0.6) is 0 Å². The molecule has 3 aromatic carbocycles. The van der Waals surface area contributed by atoms with Crippen molar-refractivity contribution in [3.63, 3.8) is 0 Å². The maximum atomic E-state index is 13.1. The minimum Gasteiger partial charge on any atom is -0.478 e. The number of anilines is 2. The first-order chi connectivity index (χ1) is 16.4. The van der Waals surface area contributed by atoms with Crippen LogP contribution in [0.2, 0.25) is 0 Å². The standard InChI is InChI=1S/C26H21N3O5/c1-3-10-27-20-8-6-16(13-19(20)23-28-21-11-14(2)4-9-22(21)34-23)29-24(30)17-7-5-15(26(32)33)12-18(17)25(29)31/h4-9,11-13,27H,3,10H2,1-2H3,(H,32,33)/p+1. The van der Waals surface area contributed by atoms with E-state index in [1.54, 1.807) is 18.2 Å². The van der Waals surface area contributed by atoms with Crippen LogP contribution in [-0.4, -0.2) is 29.4 Å². The number of aromatic nitrogens is 1. The first-order valence-corrected chi connectivity index (χ1v) is 10.9. The fourth-order valence-corrected chi connectivity index (χ4v) is 4.09. The van der Waals surface area contributed by atoms with Crippen molar-refractivity contribution in [1.82, 2.24) is 0 Å². The van der Waals surface area contributed by atoms with Gasteiger partial charge >= 0.3 is 11.9 Å². The molecule has 0 spiro atoms. The minimum absolute atomic E-state index is 0.0475. The number of imide groups is 1. The van der Waals surface area contributed by atoms with Crippen molar-refractivity contribution in [1.29, 1.82) is 0 Å². The number of aromatic amines is 1. The van der Waals surface area contributed by atoms with Crippen LogP contribution in [0.25, 0.3) is 22.6 Å². The number of hydrogen-bond acceptors (Lipinski definition) is 5. The molecule has 0 atom stereocenters. The van der Waals surface area contributed by atoms with Gasteiger partial charge in [-0.1, -0.05) is 13.0 Å². The van der Waals surface area contributed by atoms with Crippen molar-refractivity contribution >= 4 is 40.3 Å². The number of carbonyl (C=O) groups excluding carboxylic acids is 2. The predicted octanol–water partition coefficient (Wildman–Crippen LogP) is 4.54. The Hall–Kier alpha value is -4.46. The molecule has 2 heterocycles. The summed E-state index contributed by atoms with van der Waals surface area (Å²) in [7, 11) is 0. The van der Waals surface area contributed by atoms with Crippen LogP contribution in [0.1, 0.15) is 50.0 Å². The summed E-state index contributed by atoms with van der Waals surface area (Å²) in [6, 6.07) is 15.0. The SMILES string of the molecule is CCCNc1ccc(N2C(=O)c3ccc(C(=O)O)cc3C2=O)cc1-c1[nH+]c2cc(C)ccc2o1. The lowest BCUT2D eigenvalue weighted by Crippen LogP contribution is -2.29. The summed E-state index contributed by atoms with van der Waals surface area (Å²) in [6.45, 7) is 4.78. The lowest BCUT2D eigenvalue weighted by Gasteiger charge is -2.16. The molecule has 34 heavy (non-hydrogen) atoms. The molecular weight excluding hydrogens is 434 g/mol. The molecule has 4 aromatic rings. The molecule has 0 saturated heterocycles. The van der Waals surface area contributed by atoms with Crippen LogP contribution >= 0.6 is 0 Å². The van der Waals surface area contributed by atoms with Gasteiger partial charge in [-0.3, -0.25) is 9.59 Å². The normalized spacial score (nSPS) is 12.9. The van der Waals surface area contributed by atoms with Gasteiger partial charge in [-0.15, -0.1) is 0 Å². The van der Waals surface area contributed by atoms with E-state index in [0.29, 0.717) is 22.7 Å². The van der Waals surface area contributed by atoms with Gasteiger partial charge in [0.1, 0.15) is 5.56 Å². The van der Waals surface area contributed by atoms with Crippen LogP contribution in [0.3, 0.4) is 0 Å². The highest BCUT2D eigenvalue weighted by Gasteiger charge is 2.38. The van der Waals surface area contributed by atoms with Crippen molar-refractivity contribution in [3.8, 4) is 11.5 Å². The van der Waals surface area contributed by atoms with E-state index in [0.717, 1.165) is 34.6 Å². The number of oxazole rings is 1. The van der Waals surface area contributed by atoms with Gasteiger partial charge in [0.15, 0.2) is 0 Å². The number of aryl methyl sites for hydroxylation is 1. The summed E-state index contributed by atoms with van der Waals surface area (Å²) < 4.78 is 6.06. The molecule has 1 aliphatic heterocycles. The molecule has 0 fully saturated rings. The third kappa shape index (κ3) is 3.49. The van der Waals surface area contributed by atoms with Crippen LogP contribution in [-0.2, 0) is 0 Å². The smallest absolute Gasteiger partial charge is 0.382 e. The van der Waals surface area contributed by atoms with E-state index < -0.39 is 17.8 Å². The Labute approximate surface area is 194 Å². The van der Waals surface area contributed by atoms with Crippen LogP contribution in [0, 0.1) is 6.92 Å². The van der Waals surface area contributed by atoms with E-state index in [2.05, 4.69) is 17.2 Å². The highest BCUT2D eigenvalue weighted by molar-refractivity contribution is 6.34. The molecular formula is C26H22N3O5+. The Morgan fingerprint density at radius 1 is 1.00 bits per heavy atom. The van der Waals surface area contributed by atoms with E-state index >= 15 is 0 Å². The number of amides is 2. The third-order valence-electron chi connectivity index (χ3n) is 5.80. The second-order valence-corrected chi connectivity index (χ2v) is 8.22. The van der Waals surface area contributed by atoms with Crippen molar-refractivity contribution in [2.75, 3.05) is 16.8 Å². The van der Waals surface area contributed by atoms with Crippen LogP contribution in [0.15, 0.2) is 59.0 Å². The Balaban J connectivity index is 1.60. The Bertz CT molecular complexity index is 1490. The molecule has 0 radical (unpaired) electrons. The Morgan fingerprint density at radius 2 is 1.79 bits per heavy atom. The maximum Gasteiger partial charge on any atom is 0.382 e. The number of fused-ring (bicyclic) bond motifs is 2. The number of rotatable bonds is 6. The number of nitrogens with one attached hydrogen (secondary N) is 2. The zero-order chi connectivity index (χ0) is 24.0. The molecule has 170 valence electrons. The van der Waals surface area contributed by atoms with E-state index in [1.165, 1.54) is 18.2 Å². The van der Waals surface area contributed by atoms with Crippen molar-refractivity contribution in [3.05, 3.63) is 76.9 Å². The predicted molar refractivity (Wildman–Crippen MR) is 126 cm³/mol. The summed E-state index contributed by atoms with van der Waals surface area (Å²) in [5.41, 5.74) is 4.64. The lowest BCUT2D eigenvalue weighted by molar-refractivity contribution is -0.338. The van der Waals surface area contributed by atoms with E-state index in [4.69, 9.17) is 4.42 Å². The molecule has 0 unspecified atom stereocenters. The summed E-state index contributed by atoms with van der Waals surface area (Å²) in [6.07, 6.45) is 0.911. The molecule has 0 aliphatic carbocycles. The number of benzene rings is 3. The fraction of sp³-hybridized carbons (Fsp3) is 0.154. The molecule has 8 nitrogen and oxygen atoms in total. The monoisotopic (exact) mass is 456 g/mol. The quantitative estimate of drug-likeness (QED) is 0.412. The highest BCUT2D eigenvalue weighted by Crippen LogP contribution is 2.35. The van der Waals surface area contributed by atoms with Gasteiger partial charge in [-0.05, 0) is 61.4 Å². The molecule has 1 aromatic heterocycles. The number of carboxylic acid groups (broad SMARTS) is 1. The van der Waals surface area contributed by atoms with Crippen molar-refractivity contribution < 1.29 is 28.9 Å².